The predicted octanol–water partition coefficient (Wildman–Crippen LogP) is 0.886. The number of hydrogen-bond donors (Lipinski definition) is 0. The second kappa shape index (κ2) is 3.53. The van der Waals surface area contributed by atoms with Crippen LogP contribution in [-0.2, 0) is 0 Å². The lowest BCUT2D eigenvalue weighted by atomic mass is 10.3. The molecule has 0 aliphatic rings. The maximum absolute atomic E-state index is 11.5. The van der Waals surface area contributed by atoms with Crippen molar-refractivity contribution in [3.8, 4) is 0 Å². The van der Waals surface area contributed by atoms with Crippen LogP contribution in [0.2, 0.25) is 0 Å². The summed E-state index contributed by atoms with van der Waals surface area (Å²) >= 11 is 0. The Kier molecular flexibility index (Phi) is 2.21. The predicted molar refractivity (Wildman–Crippen MR) is 54.1 cm³/mol. The molecule has 1 heterocycles. The molecule has 0 bridgehead atoms. The van der Waals surface area contributed by atoms with E-state index in [2.05, 4.69) is 5.21 Å². The van der Waals surface area contributed by atoms with E-state index in [1.807, 2.05) is 0 Å². The van der Waals surface area contributed by atoms with Crippen LogP contribution in [0.25, 0.3) is 11.0 Å². The van der Waals surface area contributed by atoms with Crippen LogP contribution in [0.3, 0.4) is 0 Å². The van der Waals surface area contributed by atoms with E-state index in [9.17, 15) is 10.0 Å². The van der Waals surface area contributed by atoms with Crippen LogP contribution in [0.1, 0.15) is 11.7 Å². The minimum Gasteiger partial charge on any atom is -0.691 e. The number of allylic oxidation sites excluding steroid dienone is 2. The van der Waals surface area contributed by atoms with Crippen molar-refractivity contribution in [2.45, 2.75) is 6.92 Å². The molecule has 0 radical (unpaired) electrons. The molecule has 0 N–H and O–H groups in total. The van der Waals surface area contributed by atoms with Crippen molar-refractivity contribution in [2.75, 3.05) is 0 Å². The summed E-state index contributed by atoms with van der Waals surface area (Å²) in [5, 5.41) is 14.9. The molecule has 0 unspecified atom stereocenters. The fourth-order valence-electron chi connectivity index (χ4n) is 1.36. The van der Waals surface area contributed by atoms with Gasteiger partial charge in [0.25, 0.3) is 0 Å². The third kappa shape index (κ3) is 1.48. The molecule has 0 fully saturated rings. The van der Waals surface area contributed by atoms with Gasteiger partial charge in [-0.25, -0.2) is 4.79 Å². The van der Waals surface area contributed by atoms with Gasteiger partial charge in [0.05, 0.1) is 0 Å². The van der Waals surface area contributed by atoms with Crippen LogP contribution in [0.15, 0.2) is 36.4 Å². The Hall–Kier alpha value is -2.17. The number of carbonyl (C=O) groups excluding carboxylic acids is 1. The van der Waals surface area contributed by atoms with Crippen molar-refractivity contribution in [2.24, 2.45) is 0 Å². The number of carbonyl (C=O) groups is 1. The minimum absolute atomic E-state index is 0.330. The highest BCUT2D eigenvalue weighted by Gasteiger charge is 2.17. The molecule has 0 atom stereocenters. The van der Waals surface area contributed by atoms with Gasteiger partial charge in [-0.1, -0.05) is 22.9 Å². The van der Waals surface area contributed by atoms with Crippen molar-refractivity contribution in [3.63, 3.8) is 0 Å². The zero-order chi connectivity index (χ0) is 10.8. The highest BCUT2D eigenvalue weighted by atomic mass is 16.5. The molecule has 1 aromatic heterocycles. The van der Waals surface area contributed by atoms with Crippen LogP contribution in [-0.4, -0.2) is 15.8 Å². The summed E-state index contributed by atoms with van der Waals surface area (Å²) in [5.74, 6) is -0.330. The minimum atomic E-state index is -0.330. The summed E-state index contributed by atoms with van der Waals surface area (Å²) in [5.41, 5.74) is 0.894. The first-order valence-corrected chi connectivity index (χ1v) is 4.48. The van der Waals surface area contributed by atoms with Gasteiger partial charge in [0.15, 0.2) is 0 Å². The third-order valence-corrected chi connectivity index (χ3v) is 2.00. The highest BCUT2D eigenvalue weighted by molar-refractivity contribution is 5.94. The summed E-state index contributed by atoms with van der Waals surface area (Å²) in [6.45, 7) is 1.73. The Morgan fingerprint density at radius 3 is 3.00 bits per heavy atom. The maximum atomic E-state index is 11.5. The van der Waals surface area contributed by atoms with E-state index in [-0.39, 0.29) is 5.91 Å². The molecule has 1 aromatic carbocycles. The maximum Gasteiger partial charge on any atom is 0.359 e. The summed E-state index contributed by atoms with van der Waals surface area (Å²) in [6, 6.07) is 6.78. The fourth-order valence-corrected chi connectivity index (χ4v) is 1.36. The van der Waals surface area contributed by atoms with Gasteiger partial charge in [-0.15, -0.1) is 4.85 Å². The van der Waals surface area contributed by atoms with Crippen molar-refractivity contribution in [1.29, 1.82) is 0 Å². The average molecular weight is 203 g/mol. The van der Waals surface area contributed by atoms with Crippen LogP contribution in [0.4, 0.5) is 0 Å². The Morgan fingerprint density at radius 2 is 2.27 bits per heavy atom. The van der Waals surface area contributed by atoms with Gasteiger partial charge in [-0.05, 0) is 19.1 Å². The van der Waals surface area contributed by atoms with Gasteiger partial charge in [0.1, 0.15) is 5.21 Å². The van der Waals surface area contributed by atoms with Crippen LogP contribution in [0, 0.1) is 5.21 Å². The number of para-hydroxylation sites is 2. The van der Waals surface area contributed by atoms with Gasteiger partial charge < -0.3 is 5.21 Å². The lowest BCUT2D eigenvalue weighted by Crippen LogP contribution is -2.30. The number of hydrogen-bond acceptors (Lipinski definition) is 3. The average Bonchev–Trinajstić information content (AvgIpc) is 2.58. The van der Waals surface area contributed by atoms with Gasteiger partial charge in [-0.2, -0.15) is 0 Å². The molecule has 0 saturated heterocycles. The quantitative estimate of drug-likeness (QED) is 0.392. The molecule has 0 spiro atoms. The summed E-state index contributed by atoms with van der Waals surface area (Å²) in [7, 11) is 0. The van der Waals surface area contributed by atoms with Gasteiger partial charge in [0, 0.05) is 6.08 Å². The van der Waals surface area contributed by atoms with E-state index < -0.39 is 0 Å². The van der Waals surface area contributed by atoms with E-state index in [4.69, 9.17) is 0 Å². The first kappa shape index (κ1) is 9.39. The molecular formula is C10H9N3O2. The van der Waals surface area contributed by atoms with Crippen molar-refractivity contribution >= 4 is 16.9 Å². The Bertz CT molecular complexity index is 543. The number of benzene rings is 1. The molecule has 0 aliphatic heterocycles. The first-order chi connectivity index (χ1) is 7.24. The van der Waals surface area contributed by atoms with Crippen molar-refractivity contribution in [1.82, 2.24) is 9.90 Å². The van der Waals surface area contributed by atoms with Crippen molar-refractivity contribution in [3.05, 3.63) is 41.6 Å². The lowest BCUT2D eigenvalue weighted by Gasteiger charge is -1.89. The number of aromatic nitrogens is 3. The highest BCUT2D eigenvalue weighted by Crippen LogP contribution is 2.08. The van der Waals surface area contributed by atoms with Gasteiger partial charge in [-0.3, -0.25) is 0 Å². The first-order valence-electron chi connectivity index (χ1n) is 4.48. The second-order valence-corrected chi connectivity index (χ2v) is 3.00. The largest absolute Gasteiger partial charge is 0.691 e. The van der Waals surface area contributed by atoms with Gasteiger partial charge >= 0.3 is 5.91 Å². The Morgan fingerprint density at radius 1 is 1.53 bits per heavy atom. The topological polar surface area (TPSA) is 61.8 Å². The molecule has 0 aliphatic carbocycles. The van der Waals surface area contributed by atoms with E-state index in [1.165, 1.54) is 6.08 Å². The van der Waals surface area contributed by atoms with Crippen molar-refractivity contribution < 1.29 is 9.64 Å². The van der Waals surface area contributed by atoms with E-state index in [1.54, 1.807) is 37.3 Å². The second-order valence-electron chi connectivity index (χ2n) is 3.00. The van der Waals surface area contributed by atoms with E-state index in [0.29, 0.717) is 15.9 Å². The standard InChI is InChI=1S/C10H9N3O2/c1-2-5-10(14)12-8-6-3-4-7-9(8)13(15)11-12/h2-7H,1H3/b5-2+. The van der Waals surface area contributed by atoms with Crippen LogP contribution >= 0.6 is 0 Å². The SMILES string of the molecule is C/C=C/C(=O)n1n[n+]([O-])c2ccccc21. The molecule has 2 aromatic rings. The fraction of sp³-hybridized carbons (Fsp3) is 0.100. The van der Waals surface area contributed by atoms with Gasteiger partial charge in [0.2, 0.25) is 11.0 Å². The molecule has 2 rings (SSSR count). The summed E-state index contributed by atoms with van der Waals surface area (Å²) in [4.78, 5) is 12.0. The zero-order valence-corrected chi connectivity index (χ0v) is 8.12. The lowest BCUT2D eigenvalue weighted by molar-refractivity contribution is -0.645. The molecule has 5 nitrogen and oxygen atoms in total. The molecule has 5 heteroatoms. The third-order valence-electron chi connectivity index (χ3n) is 2.00. The normalized spacial score (nSPS) is 11.3. The Balaban J connectivity index is 2.67. The molecule has 76 valence electrons. The molecule has 15 heavy (non-hydrogen) atoms. The van der Waals surface area contributed by atoms with Crippen LogP contribution in [0.5, 0.6) is 0 Å². The summed E-state index contributed by atoms with van der Waals surface area (Å²) in [6.07, 6.45) is 2.97. The summed E-state index contributed by atoms with van der Waals surface area (Å²) < 4.78 is 1.09. The monoisotopic (exact) mass is 203 g/mol. The smallest absolute Gasteiger partial charge is 0.359 e. The van der Waals surface area contributed by atoms with E-state index in [0.717, 1.165) is 4.68 Å². The number of rotatable bonds is 1. The number of nitrogens with zero attached hydrogens (tertiary/aromatic N) is 3. The molecule has 0 saturated carbocycles. The zero-order valence-electron chi connectivity index (χ0n) is 8.12. The molecule has 0 amide bonds. The Labute approximate surface area is 85.8 Å². The number of fused-ring (bicyclic) bond motifs is 1. The van der Waals surface area contributed by atoms with E-state index >= 15 is 0 Å². The molecular weight excluding hydrogens is 194 g/mol. The van der Waals surface area contributed by atoms with Crippen LogP contribution < -0.4 is 4.85 Å².